The van der Waals surface area contributed by atoms with E-state index < -0.39 is 6.10 Å². The second kappa shape index (κ2) is 5.27. The van der Waals surface area contributed by atoms with Crippen LogP contribution in [0.15, 0.2) is 47.4 Å². The number of hydrogen-bond donors (Lipinski definition) is 1. The van der Waals surface area contributed by atoms with Crippen molar-refractivity contribution in [2.75, 3.05) is 12.9 Å². The van der Waals surface area contributed by atoms with Crippen molar-refractivity contribution in [3.63, 3.8) is 0 Å². The zero-order valence-corrected chi connectivity index (χ0v) is 11.6. The summed E-state index contributed by atoms with van der Waals surface area (Å²) in [5.41, 5.74) is 3.01. The van der Waals surface area contributed by atoms with E-state index in [1.807, 2.05) is 42.7 Å². The minimum Gasteiger partial charge on any atom is -0.493 e. The van der Waals surface area contributed by atoms with Gasteiger partial charge in [0, 0.05) is 16.9 Å². The van der Waals surface area contributed by atoms with Gasteiger partial charge in [0.25, 0.3) is 0 Å². The van der Waals surface area contributed by atoms with Gasteiger partial charge in [-0.05, 0) is 23.4 Å². The summed E-state index contributed by atoms with van der Waals surface area (Å²) in [6.45, 7) is 0.712. The molecule has 19 heavy (non-hydrogen) atoms. The van der Waals surface area contributed by atoms with Gasteiger partial charge in [-0.25, -0.2) is 0 Å². The molecule has 1 unspecified atom stereocenters. The number of aliphatic hydroxyl groups is 1. The lowest BCUT2D eigenvalue weighted by Crippen LogP contribution is -2.03. The highest BCUT2D eigenvalue weighted by molar-refractivity contribution is 7.98. The van der Waals surface area contributed by atoms with E-state index in [2.05, 4.69) is 6.07 Å². The molecule has 0 spiro atoms. The molecule has 0 bridgehead atoms. The molecule has 2 nitrogen and oxygen atoms in total. The molecule has 1 atom stereocenters. The third kappa shape index (κ3) is 2.24. The first-order chi connectivity index (χ1) is 9.31. The number of aliphatic hydroxyl groups excluding tert-OH is 1. The molecule has 2 aromatic rings. The van der Waals surface area contributed by atoms with Crippen LogP contribution in [0.4, 0.5) is 0 Å². The van der Waals surface area contributed by atoms with Crippen LogP contribution in [-0.4, -0.2) is 18.0 Å². The summed E-state index contributed by atoms with van der Waals surface area (Å²) < 4.78 is 5.68. The van der Waals surface area contributed by atoms with Crippen LogP contribution in [0, 0.1) is 0 Å². The average molecular weight is 272 g/mol. The van der Waals surface area contributed by atoms with Gasteiger partial charge >= 0.3 is 0 Å². The Morgan fingerprint density at radius 2 is 1.89 bits per heavy atom. The lowest BCUT2D eigenvalue weighted by molar-refractivity contribution is 0.211. The van der Waals surface area contributed by atoms with E-state index in [9.17, 15) is 5.11 Å². The van der Waals surface area contributed by atoms with Gasteiger partial charge < -0.3 is 9.84 Å². The van der Waals surface area contributed by atoms with Crippen LogP contribution in [-0.2, 0) is 6.42 Å². The quantitative estimate of drug-likeness (QED) is 0.868. The molecule has 0 radical (unpaired) electrons. The second-order valence-corrected chi connectivity index (χ2v) is 5.43. The largest absolute Gasteiger partial charge is 0.493 e. The number of thioether (sulfide) groups is 1. The Kier molecular flexibility index (Phi) is 3.49. The van der Waals surface area contributed by atoms with Crippen molar-refractivity contribution in [2.45, 2.75) is 17.4 Å². The van der Waals surface area contributed by atoms with Gasteiger partial charge in [-0.15, -0.1) is 11.8 Å². The number of fused-ring (bicyclic) bond motifs is 1. The van der Waals surface area contributed by atoms with Crippen LogP contribution in [0.25, 0.3) is 0 Å². The summed E-state index contributed by atoms with van der Waals surface area (Å²) >= 11 is 1.65. The Hall–Kier alpha value is -1.45. The highest BCUT2D eigenvalue weighted by Crippen LogP contribution is 2.38. The molecule has 0 fully saturated rings. The average Bonchev–Trinajstić information content (AvgIpc) is 2.94. The molecule has 1 N–H and O–H groups in total. The molecule has 0 aromatic heterocycles. The van der Waals surface area contributed by atoms with Crippen LogP contribution in [0.5, 0.6) is 5.75 Å². The fourth-order valence-corrected chi connectivity index (χ4v) is 3.15. The first-order valence-electron chi connectivity index (χ1n) is 6.37. The maximum absolute atomic E-state index is 10.7. The summed E-state index contributed by atoms with van der Waals surface area (Å²) in [6, 6.07) is 14.0. The van der Waals surface area contributed by atoms with Crippen LogP contribution >= 0.6 is 11.8 Å². The van der Waals surface area contributed by atoms with Gasteiger partial charge in [0.15, 0.2) is 0 Å². The minimum atomic E-state index is -0.628. The van der Waals surface area contributed by atoms with E-state index in [1.165, 1.54) is 5.56 Å². The van der Waals surface area contributed by atoms with E-state index in [-0.39, 0.29) is 0 Å². The van der Waals surface area contributed by atoms with Crippen molar-refractivity contribution in [1.82, 2.24) is 0 Å². The molecule has 0 amide bonds. The lowest BCUT2D eigenvalue weighted by Gasteiger charge is -2.17. The van der Waals surface area contributed by atoms with Crippen molar-refractivity contribution in [1.29, 1.82) is 0 Å². The Bertz CT molecular complexity index is 595. The molecule has 3 rings (SSSR count). The van der Waals surface area contributed by atoms with Gasteiger partial charge in [0.05, 0.1) is 6.61 Å². The van der Waals surface area contributed by atoms with E-state index in [4.69, 9.17) is 4.74 Å². The summed E-state index contributed by atoms with van der Waals surface area (Å²) in [4.78, 5) is 1.10. The lowest BCUT2D eigenvalue weighted by atomic mass is 9.98. The summed E-state index contributed by atoms with van der Waals surface area (Å²) in [5.74, 6) is 0.867. The number of ether oxygens (including phenoxy) is 1. The van der Waals surface area contributed by atoms with Gasteiger partial charge in [-0.2, -0.15) is 0 Å². The zero-order valence-electron chi connectivity index (χ0n) is 10.8. The Morgan fingerprint density at radius 1 is 1.11 bits per heavy atom. The monoisotopic (exact) mass is 272 g/mol. The van der Waals surface area contributed by atoms with Crippen molar-refractivity contribution in [3.8, 4) is 5.75 Å². The Balaban J connectivity index is 2.05. The third-order valence-electron chi connectivity index (χ3n) is 3.47. The second-order valence-electron chi connectivity index (χ2n) is 4.58. The van der Waals surface area contributed by atoms with Crippen molar-refractivity contribution in [2.24, 2.45) is 0 Å². The smallest absolute Gasteiger partial charge is 0.128 e. The molecular formula is C16H16O2S. The van der Waals surface area contributed by atoms with Crippen LogP contribution in [0.1, 0.15) is 22.8 Å². The number of benzene rings is 2. The molecule has 98 valence electrons. The highest BCUT2D eigenvalue weighted by atomic mass is 32.2. The number of rotatable bonds is 3. The van der Waals surface area contributed by atoms with Crippen molar-refractivity contribution >= 4 is 11.8 Å². The molecule has 0 saturated heterocycles. The van der Waals surface area contributed by atoms with E-state index in [0.717, 1.165) is 28.2 Å². The van der Waals surface area contributed by atoms with Gasteiger partial charge in [-0.1, -0.05) is 36.4 Å². The van der Waals surface area contributed by atoms with Crippen LogP contribution in [0.2, 0.25) is 0 Å². The van der Waals surface area contributed by atoms with E-state index >= 15 is 0 Å². The predicted molar refractivity (Wildman–Crippen MR) is 77.9 cm³/mol. The topological polar surface area (TPSA) is 29.5 Å². The van der Waals surface area contributed by atoms with Crippen LogP contribution in [0.3, 0.4) is 0 Å². The fraction of sp³-hybridized carbons (Fsp3) is 0.250. The first-order valence-corrected chi connectivity index (χ1v) is 7.59. The standard InChI is InChI=1S/C16H16O2S/c1-19-14-8-3-2-6-12(14)15(17)13-7-4-5-11-9-10-18-16(11)13/h2-8,15,17H,9-10H2,1H3. The molecule has 0 aliphatic carbocycles. The van der Waals surface area contributed by atoms with E-state index in [1.54, 1.807) is 11.8 Å². The maximum atomic E-state index is 10.7. The minimum absolute atomic E-state index is 0.628. The van der Waals surface area contributed by atoms with Gasteiger partial charge in [0.2, 0.25) is 0 Å². The number of para-hydroxylation sites is 1. The molecule has 3 heteroatoms. The zero-order chi connectivity index (χ0) is 13.2. The van der Waals surface area contributed by atoms with Crippen LogP contribution < -0.4 is 4.74 Å². The maximum Gasteiger partial charge on any atom is 0.128 e. The predicted octanol–water partition coefficient (Wildman–Crippen LogP) is 3.43. The third-order valence-corrected chi connectivity index (χ3v) is 4.28. The normalized spacial score (nSPS) is 14.8. The fourth-order valence-electron chi connectivity index (χ4n) is 2.52. The molecular weight excluding hydrogens is 256 g/mol. The van der Waals surface area contributed by atoms with Crippen molar-refractivity contribution < 1.29 is 9.84 Å². The van der Waals surface area contributed by atoms with Gasteiger partial charge in [-0.3, -0.25) is 0 Å². The summed E-state index contributed by atoms with van der Waals surface area (Å²) in [7, 11) is 0. The molecule has 1 heterocycles. The Labute approximate surface area is 117 Å². The SMILES string of the molecule is CSc1ccccc1C(O)c1cccc2c1OCC2. The molecule has 0 saturated carbocycles. The first kappa shape index (κ1) is 12.6. The van der Waals surface area contributed by atoms with E-state index in [0.29, 0.717) is 6.61 Å². The Morgan fingerprint density at radius 3 is 2.74 bits per heavy atom. The molecule has 2 aromatic carbocycles. The molecule has 1 aliphatic rings. The summed E-state index contributed by atoms with van der Waals surface area (Å²) in [5, 5.41) is 10.7. The van der Waals surface area contributed by atoms with Crippen molar-refractivity contribution in [3.05, 3.63) is 59.2 Å². The molecule has 1 aliphatic heterocycles. The summed E-state index contributed by atoms with van der Waals surface area (Å²) in [6.07, 6.45) is 2.33. The highest BCUT2D eigenvalue weighted by Gasteiger charge is 2.23. The number of hydrogen-bond acceptors (Lipinski definition) is 3. The van der Waals surface area contributed by atoms with Gasteiger partial charge in [0.1, 0.15) is 11.9 Å².